The van der Waals surface area contributed by atoms with Gasteiger partial charge in [-0.3, -0.25) is 4.79 Å². The van der Waals surface area contributed by atoms with Gasteiger partial charge in [0, 0.05) is 13.0 Å². The number of aliphatic hydroxyl groups is 7. The summed E-state index contributed by atoms with van der Waals surface area (Å²) in [6, 6.07) is 0. The summed E-state index contributed by atoms with van der Waals surface area (Å²) in [6.45, 7) is 3.69. The van der Waals surface area contributed by atoms with Gasteiger partial charge in [-0.1, -0.05) is 231 Å². The van der Waals surface area contributed by atoms with Crippen LogP contribution in [0.5, 0.6) is 0 Å². The molecule has 7 N–H and O–H groups in total. The second-order valence-corrected chi connectivity index (χ2v) is 21.9. The third-order valence-electron chi connectivity index (χ3n) is 15.0. The van der Waals surface area contributed by atoms with Crippen LogP contribution in [0.15, 0.2) is 24.3 Å². The minimum Gasteiger partial charge on any atom is -0.457 e. The molecule has 0 bridgehead atoms. The van der Waals surface area contributed by atoms with E-state index in [1.54, 1.807) is 0 Å². The van der Waals surface area contributed by atoms with Crippen molar-refractivity contribution < 1.29 is 69.0 Å². The lowest BCUT2D eigenvalue weighted by Crippen LogP contribution is -2.61. The number of allylic oxidation sites excluding steroid dienone is 4. The van der Waals surface area contributed by atoms with Gasteiger partial charge in [-0.2, -0.15) is 0 Å². The van der Waals surface area contributed by atoms with Gasteiger partial charge in [0.2, 0.25) is 0 Å². The molecular formula is C61H114O14. The van der Waals surface area contributed by atoms with Crippen LogP contribution in [0, 0.1) is 0 Å². The van der Waals surface area contributed by atoms with Gasteiger partial charge in [0.05, 0.1) is 26.4 Å². The zero-order valence-electron chi connectivity index (χ0n) is 47.6. The maximum absolute atomic E-state index is 13.1. The van der Waals surface area contributed by atoms with E-state index in [9.17, 15) is 40.5 Å². The number of aliphatic hydroxyl groups excluding tert-OH is 7. The normalized spacial score (nSPS) is 24.7. The molecule has 0 aromatic heterocycles. The smallest absolute Gasteiger partial charge is 0.306 e. The summed E-state index contributed by atoms with van der Waals surface area (Å²) in [5.74, 6) is -0.374. The lowest BCUT2D eigenvalue weighted by Gasteiger charge is -2.42. The standard InChI is InChI=1S/C61H114O14/c1-3-5-7-9-11-13-15-17-19-21-22-23-24-25-26-27-28-29-30-32-34-36-38-40-42-44-53(63)73-50(47-70-45-43-41-39-37-35-33-31-20-18-16-14-12-10-8-6-4-2)48-71-60-59(69)57(67)55(65)52(75-60)49-72-61-58(68)56(66)54(64)51(46-62)74-61/h12,14,18,20,50-52,54-62,64-69H,3-11,13,15-17,19,21-49H2,1-2H3/b14-12-,20-18-. The van der Waals surface area contributed by atoms with E-state index in [4.69, 9.17) is 28.4 Å². The van der Waals surface area contributed by atoms with Crippen LogP contribution in [0.4, 0.5) is 0 Å². The number of ether oxygens (including phenoxy) is 6. The van der Waals surface area contributed by atoms with Crippen molar-refractivity contribution in [3.63, 3.8) is 0 Å². The molecule has 2 heterocycles. The summed E-state index contributed by atoms with van der Waals surface area (Å²) >= 11 is 0. The Morgan fingerprint density at radius 1 is 0.440 bits per heavy atom. The van der Waals surface area contributed by atoms with Crippen LogP contribution in [0.2, 0.25) is 0 Å². The molecule has 0 saturated carbocycles. The molecule has 2 rings (SSSR count). The molecule has 2 aliphatic rings. The summed E-state index contributed by atoms with van der Waals surface area (Å²) in [5, 5.41) is 72.4. The van der Waals surface area contributed by atoms with Crippen LogP contribution in [-0.2, 0) is 33.2 Å². The third kappa shape index (κ3) is 35.0. The van der Waals surface area contributed by atoms with Gasteiger partial charge in [-0.05, 0) is 44.9 Å². The lowest BCUT2D eigenvalue weighted by molar-refractivity contribution is -0.332. The zero-order valence-corrected chi connectivity index (χ0v) is 47.6. The molecule has 0 aliphatic carbocycles. The SMILES string of the molecule is CCCCC/C=C\C/C=C\CCCCCCCCOCC(COC1OC(COC2OC(CO)C(O)C(O)C2O)C(O)C(O)C1O)OC(=O)CCCCCCCCCCCCCCCCCCCCCCCCCCC. The lowest BCUT2D eigenvalue weighted by atomic mass is 9.98. The van der Waals surface area contributed by atoms with Crippen molar-refractivity contribution >= 4 is 5.97 Å². The molecular weight excluding hydrogens is 957 g/mol. The predicted molar refractivity (Wildman–Crippen MR) is 298 cm³/mol. The molecule has 0 aromatic carbocycles. The number of carbonyl (C=O) groups is 1. The predicted octanol–water partition coefficient (Wildman–Crippen LogP) is 11.5. The molecule has 0 spiro atoms. The molecule has 14 heteroatoms. The number of esters is 1. The van der Waals surface area contributed by atoms with Crippen molar-refractivity contribution in [1.82, 2.24) is 0 Å². The highest BCUT2D eigenvalue weighted by molar-refractivity contribution is 5.69. The molecule has 2 aliphatic heterocycles. The van der Waals surface area contributed by atoms with E-state index < -0.39 is 80.7 Å². The van der Waals surface area contributed by atoms with Crippen molar-refractivity contribution in [1.29, 1.82) is 0 Å². The summed E-state index contributed by atoms with van der Waals surface area (Å²) in [7, 11) is 0. The van der Waals surface area contributed by atoms with Crippen LogP contribution in [0.3, 0.4) is 0 Å². The van der Waals surface area contributed by atoms with Gasteiger partial charge in [0.15, 0.2) is 12.6 Å². The molecule has 11 unspecified atom stereocenters. The molecule has 11 atom stereocenters. The summed E-state index contributed by atoms with van der Waals surface area (Å²) in [5.41, 5.74) is 0. The number of hydrogen-bond acceptors (Lipinski definition) is 14. The van der Waals surface area contributed by atoms with Crippen LogP contribution >= 0.6 is 0 Å². The van der Waals surface area contributed by atoms with Gasteiger partial charge in [-0.15, -0.1) is 0 Å². The maximum Gasteiger partial charge on any atom is 0.306 e. The zero-order chi connectivity index (χ0) is 54.4. The number of rotatable bonds is 51. The highest BCUT2D eigenvalue weighted by Gasteiger charge is 2.47. The van der Waals surface area contributed by atoms with Crippen LogP contribution in [-0.4, -0.2) is 142 Å². The Kier molecular flexibility index (Phi) is 44.9. The highest BCUT2D eigenvalue weighted by atomic mass is 16.7. The first-order valence-corrected chi connectivity index (χ1v) is 30.9. The Hall–Kier alpha value is -1.53. The van der Waals surface area contributed by atoms with Crippen molar-refractivity contribution in [2.45, 2.75) is 325 Å². The largest absolute Gasteiger partial charge is 0.457 e. The Labute approximate surface area is 456 Å². The van der Waals surface area contributed by atoms with Gasteiger partial charge in [0.25, 0.3) is 0 Å². The first kappa shape index (κ1) is 69.6. The van der Waals surface area contributed by atoms with Gasteiger partial charge in [0.1, 0.15) is 54.9 Å². The van der Waals surface area contributed by atoms with Crippen LogP contribution in [0.1, 0.15) is 258 Å². The highest BCUT2D eigenvalue weighted by Crippen LogP contribution is 2.27. The van der Waals surface area contributed by atoms with E-state index in [1.165, 1.54) is 173 Å². The average Bonchev–Trinajstić information content (AvgIpc) is 3.41. The van der Waals surface area contributed by atoms with Gasteiger partial charge in [-0.25, -0.2) is 0 Å². The Balaban J connectivity index is 1.67. The van der Waals surface area contributed by atoms with Gasteiger partial charge < -0.3 is 64.2 Å². The minimum absolute atomic E-state index is 0.0587. The summed E-state index contributed by atoms with van der Waals surface area (Å²) in [6.07, 6.45) is 39.6. The molecule has 0 amide bonds. The second-order valence-electron chi connectivity index (χ2n) is 21.9. The van der Waals surface area contributed by atoms with Crippen molar-refractivity contribution in [2.24, 2.45) is 0 Å². The fraction of sp³-hybridized carbons (Fsp3) is 0.918. The number of unbranched alkanes of at least 4 members (excludes halogenated alkanes) is 33. The third-order valence-corrected chi connectivity index (χ3v) is 15.0. The quantitative estimate of drug-likeness (QED) is 0.0172. The average molecular weight is 1070 g/mol. The molecule has 75 heavy (non-hydrogen) atoms. The summed E-state index contributed by atoms with van der Waals surface area (Å²) in [4.78, 5) is 13.1. The maximum atomic E-state index is 13.1. The second kappa shape index (κ2) is 48.4. The Morgan fingerprint density at radius 2 is 0.827 bits per heavy atom. The van der Waals surface area contributed by atoms with E-state index in [0.717, 1.165) is 57.8 Å². The monoisotopic (exact) mass is 1070 g/mol. The van der Waals surface area contributed by atoms with E-state index in [1.807, 2.05) is 0 Å². The fourth-order valence-corrected chi connectivity index (χ4v) is 9.97. The Bertz CT molecular complexity index is 1330. The van der Waals surface area contributed by atoms with Crippen molar-refractivity contribution in [3.05, 3.63) is 24.3 Å². The molecule has 0 radical (unpaired) electrons. The molecule has 0 aromatic rings. The first-order valence-electron chi connectivity index (χ1n) is 30.9. The van der Waals surface area contributed by atoms with E-state index >= 15 is 0 Å². The number of carbonyl (C=O) groups excluding carboxylic acids is 1. The van der Waals surface area contributed by atoms with Crippen molar-refractivity contribution in [3.8, 4) is 0 Å². The summed E-state index contributed by atoms with van der Waals surface area (Å²) < 4.78 is 34.4. The van der Waals surface area contributed by atoms with E-state index in [-0.39, 0.29) is 25.6 Å². The van der Waals surface area contributed by atoms with E-state index in [0.29, 0.717) is 13.0 Å². The number of hydrogen-bond donors (Lipinski definition) is 7. The minimum atomic E-state index is -1.71. The molecule has 442 valence electrons. The fourth-order valence-electron chi connectivity index (χ4n) is 9.97. The molecule has 14 nitrogen and oxygen atoms in total. The first-order chi connectivity index (χ1) is 36.6. The van der Waals surface area contributed by atoms with Crippen LogP contribution < -0.4 is 0 Å². The topological polar surface area (TPSA) is 214 Å². The van der Waals surface area contributed by atoms with Crippen molar-refractivity contribution in [2.75, 3.05) is 33.0 Å². The Morgan fingerprint density at radius 3 is 1.31 bits per heavy atom. The molecule has 2 fully saturated rings. The molecule has 2 saturated heterocycles. The van der Waals surface area contributed by atoms with Crippen LogP contribution in [0.25, 0.3) is 0 Å². The van der Waals surface area contributed by atoms with E-state index in [2.05, 4.69) is 38.2 Å². The van der Waals surface area contributed by atoms with Gasteiger partial charge >= 0.3 is 5.97 Å².